The number of anilines is 3. The standard InChI is InChI=1S/C49H30N2O2S/c1-3-12-31(13-4-1)34-16-11-17-36(28-34)51(37-26-27-39-38-18-7-9-20-43(38)52-44(39)29-37)35-24-22-32(23-25-35)41-30-42-47(53-49(50-42)33-14-5-2-6-15-33)46-40-19-8-10-21-45(40)54-48(41)46/h1-30H. The molecule has 0 aliphatic heterocycles. The van der Waals surface area contributed by atoms with E-state index < -0.39 is 0 Å². The van der Waals surface area contributed by atoms with Gasteiger partial charge in [0.2, 0.25) is 5.89 Å². The fourth-order valence-electron chi connectivity index (χ4n) is 7.74. The molecule has 254 valence electrons. The first kappa shape index (κ1) is 30.7. The zero-order valence-electron chi connectivity index (χ0n) is 28.9. The van der Waals surface area contributed by atoms with E-state index in [1.807, 2.05) is 42.5 Å². The molecule has 0 spiro atoms. The van der Waals surface area contributed by atoms with Crippen molar-refractivity contribution in [2.24, 2.45) is 0 Å². The van der Waals surface area contributed by atoms with Crippen molar-refractivity contribution >= 4 is 81.6 Å². The lowest BCUT2D eigenvalue weighted by Crippen LogP contribution is -2.10. The van der Waals surface area contributed by atoms with Gasteiger partial charge in [0.25, 0.3) is 0 Å². The van der Waals surface area contributed by atoms with Crippen molar-refractivity contribution in [3.8, 4) is 33.7 Å². The maximum Gasteiger partial charge on any atom is 0.227 e. The Morgan fingerprint density at radius 3 is 1.94 bits per heavy atom. The second-order valence-corrected chi connectivity index (χ2v) is 14.6. The van der Waals surface area contributed by atoms with E-state index in [9.17, 15) is 0 Å². The number of furan rings is 1. The highest BCUT2D eigenvalue weighted by Crippen LogP contribution is 2.46. The first-order valence-electron chi connectivity index (χ1n) is 18.0. The molecule has 0 saturated carbocycles. The van der Waals surface area contributed by atoms with E-state index in [0.717, 1.165) is 77.7 Å². The number of hydrogen-bond acceptors (Lipinski definition) is 5. The summed E-state index contributed by atoms with van der Waals surface area (Å²) in [5.41, 5.74) is 12.1. The number of aromatic nitrogens is 1. The SMILES string of the molecule is c1ccc(-c2cccc(N(c3ccc(-c4cc5nc(-c6ccccc6)oc5c5c4sc4ccccc45)cc3)c3ccc4c(c3)oc3ccccc34)c2)cc1. The molecule has 0 aliphatic rings. The van der Waals surface area contributed by atoms with Gasteiger partial charge in [-0.15, -0.1) is 11.3 Å². The summed E-state index contributed by atoms with van der Waals surface area (Å²) in [6, 6.07) is 63.8. The predicted molar refractivity (Wildman–Crippen MR) is 225 cm³/mol. The Kier molecular flexibility index (Phi) is 7.00. The normalized spacial score (nSPS) is 11.7. The van der Waals surface area contributed by atoms with Crippen LogP contribution in [0.15, 0.2) is 191 Å². The van der Waals surface area contributed by atoms with Crippen LogP contribution >= 0.6 is 11.3 Å². The van der Waals surface area contributed by atoms with Gasteiger partial charge in [0, 0.05) is 65.2 Å². The van der Waals surface area contributed by atoms with E-state index in [0.29, 0.717) is 5.89 Å². The molecule has 0 bridgehead atoms. The van der Waals surface area contributed by atoms with Crippen LogP contribution in [0.4, 0.5) is 17.1 Å². The number of thiophene rings is 1. The molecule has 0 amide bonds. The minimum Gasteiger partial charge on any atom is -0.456 e. The number of oxazole rings is 1. The Morgan fingerprint density at radius 1 is 0.444 bits per heavy atom. The molecule has 0 fully saturated rings. The average Bonchev–Trinajstić information content (AvgIpc) is 3.95. The number of para-hydroxylation sites is 1. The summed E-state index contributed by atoms with van der Waals surface area (Å²) in [4.78, 5) is 7.34. The monoisotopic (exact) mass is 710 g/mol. The Bertz CT molecular complexity index is 3160. The van der Waals surface area contributed by atoms with Crippen molar-refractivity contribution in [2.75, 3.05) is 4.90 Å². The second kappa shape index (κ2) is 12.3. The summed E-state index contributed by atoms with van der Waals surface area (Å²) in [6.45, 7) is 0. The molecule has 3 heterocycles. The average molecular weight is 711 g/mol. The third-order valence-corrected chi connectivity index (χ3v) is 11.5. The fourth-order valence-corrected chi connectivity index (χ4v) is 8.97. The topological polar surface area (TPSA) is 42.4 Å². The Hall–Kier alpha value is -6.95. The van der Waals surface area contributed by atoms with Gasteiger partial charge in [-0.25, -0.2) is 4.98 Å². The van der Waals surface area contributed by atoms with Crippen molar-refractivity contribution in [1.29, 1.82) is 0 Å². The first-order chi connectivity index (χ1) is 26.7. The number of fused-ring (bicyclic) bond motifs is 8. The van der Waals surface area contributed by atoms with Crippen LogP contribution in [0.25, 0.3) is 86.9 Å². The van der Waals surface area contributed by atoms with Gasteiger partial charge in [0.15, 0.2) is 5.58 Å². The molecular weight excluding hydrogens is 681 g/mol. The lowest BCUT2D eigenvalue weighted by Gasteiger charge is -2.26. The van der Waals surface area contributed by atoms with Crippen LogP contribution in [0.1, 0.15) is 0 Å². The van der Waals surface area contributed by atoms with E-state index in [2.05, 4.69) is 144 Å². The summed E-state index contributed by atoms with van der Waals surface area (Å²) in [6.07, 6.45) is 0. The molecule has 11 rings (SSSR count). The van der Waals surface area contributed by atoms with Crippen LogP contribution in [-0.2, 0) is 0 Å². The lowest BCUT2D eigenvalue weighted by molar-refractivity contribution is 0.623. The minimum atomic E-state index is 0.629. The van der Waals surface area contributed by atoms with Crippen molar-refractivity contribution < 1.29 is 8.83 Å². The van der Waals surface area contributed by atoms with Crippen LogP contribution in [0.3, 0.4) is 0 Å². The van der Waals surface area contributed by atoms with Gasteiger partial charge in [0.1, 0.15) is 16.7 Å². The number of nitrogens with zero attached hydrogens (tertiary/aromatic N) is 2. The molecule has 0 N–H and O–H groups in total. The van der Waals surface area contributed by atoms with Gasteiger partial charge in [0.05, 0.1) is 0 Å². The van der Waals surface area contributed by atoms with E-state index in [1.165, 1.54) is 20.3 Å². The molecule has 0 unspecified atom stereocenters. The highest BCUT2D eigenvalue weighted by molar-refractivity contribution is 7.26. The van der Waals surface area contributed by atoms with Gasteiger partial charge in [-0.3, -0.25) is 0 Å². The summed E-state index contributed by atoms with van der Waals surface area (Å²) < 4.78 is 15.3. The summed E-state index contributed by atoms with van der Waals surface area (Å²) >= 11 is 1.80. The van der Waals surface area contributed by atoms with E-state index in [-0.39, 0.29) is 0 Å². The van der Waals surface area contributed by atoms with Gasteiger partial charge < -0.3 is 13.7 Å². The molecule has 0 atom stereocenters. The van der Waals surface area contributed by atoms with Crippen molar-refractivity contribution in [3.63, 3.8) is 0 Å². The molecule has 0 radical (unpaired) electrons. The molecule has 0 aliphatic carbocycles. The van der Waals surface area contributed by atoms with Crippen molar-refractivity contribution in [3.05, 3.63) is 182 Å². The zero-order valence-corrected chi connectivity index (χ0v) is 29.8. The van der Waals surface area contributed by atoms with Gasteiger partial charge >= 0.3 is 0 Å². The highest BCUT2D eigenvalue weighted by Gasteiger charge is 2.21. The fraction of sp³-hybridized carbons (Fsp3) is 0. The maximum atomic E-state index is 6.55. The largest absolute Gasteiger partial charge is 0.456 e. The van der Waals surface area contributed by atoms with Gasteiger partial charge in [-0.1, -0.05) is 109 Å². The Balaban J connectivity index is 1.07. The van der Waals surface area contributed by atoms with Crippen LogP contribution in [0.5, 0.6) is 0 Å². The molecule has 54 heavy (non-hydrogen) atoms. The number of hydrogen-bond donors (Lipinski definition) is 0. The number of rotatable bonds is 6. The van der Waals surface area contributed by atoms with Crippen LogP contribution in [0.2, 0.25) is 0 Å². The lowest BCUT2D eigenvalue weighted by atomic mass is 10.0. The third-order valence-electron chi connectivity index (χ3n) is 10.3. The van der Waals surface area contributed by atoms with Gasteiger partial charge in [-0.2, -0.15) is 0 Å². The van der Waals surface area contributed by atoms with E-state index in [4.69, 9.17) is 13.8 Å². The predicted octanol–water partition coefficient (Wildman–Crippen LogP) is 14.6. The summed E-state index contributed by atoms with van der Waals surface area (Å²) in [5.74, 6) is 0.629. The molecule has 4 nitrogen and oxygen atoms in total. The first-order valence-corrected chi connectivity index (χ1v) is 18.8. The highest BCUT2D eigenvalue weighted by atomic mass is 32.1. The smallest absolute Gasteiger partial charge is 0.227 e. The Morgan fingerprint density at radius 2 is 1.11 bits per heavy atom. The van der Waals surface area contributed by atoms with Crippen molar-refractivity contribution in [2.45, 2.75) is 0 Å². The van der Waals surface area contributed by atoms with Crippen molar-refractivity contribution in [1.82, 2.24) is 4.98 Å². The zero-order chi connectivity index (χ0) is 35.6. The van der Waals surface area contributed by atoms with E-state index >= 15 is 0 Å². The minimum absolute atomic E-state index is 0.629. The maximum absolute atomic E-state index is 6.55. The molecule has 8 aromatic carbocycles. The Labute approximate surface area is 314 Å². The molecule has 5 heteroatoms. The van der Waals surface area contributed by atoms with Crippen LogP contribution < -0.4 is 4.90 Å². The van der Waals surface area contributed by atoms with Crippen LogP contribution in [0, 0.1) is 0 Å². The third kappa shape index (κ3) is 5.01. The molecular formula is C49H30N2O2S. The molecule has 11 aromatic rings. The molecule has 3 aromatic heterocycles. The molecule has 0 saturated heterocycles. The summed E-state index contributed by atoms with van der Waals surface area (Å²) in [7, 11) is 0. The second-order valence-electron chi connectivity index (χ2n) is 13.5. The summed E-state index contributed by atoms with van der Waals surface area (Å²) in [5, 5.41) is 4.52. The van der Waals surface area contributed by atoms with Gasteiger partial charge in [-0.05, 0) is 83.4 Å². The quantitative estimate of drug-likeness (QED) is 0.172. The number of benzene rings is 8. The van der Waals surface area contributed by atoms with Crippen LogP contribution in [-0.4, -0.2) is 4.98 Å². The van der Waals surface area contributed by atoms with E-state index in [1.54, 1.807) is 11.3 Å².